The Morgan fingerprint density at radius 2 is 2.10 bits per heavy atom. The van der Waals surface area contributed by atoms with E-state index in [0.29, 0.717) is 18.0 Å². The van der Waals surface area contributed by atoms with Crippen molar-refractivity contribution in [3.8, 4) is 5.75 Å². The van der Waals surface area contributed by atoms with Crippen LogP contribution >= 0.6 is 0 Å². The number of carbonyl (C=O) groups is 1. The lowest BCUT2D eigenvalue weighted by Crippen LogP contribution is -2.08. The first-order valence-electron chi connectivity index (χ1n) is 6.73. The molecule has 0 unspecified atom stereocenters. The zero-order valence-electron chi connectivity index (χ0n) is 11.8. The van der Waals surface area contributed by atoms with Gasteiger partial charge < -0.3 is 10.1 Å². The van der Waals surface area contributed by atoms with Gasteiger partial charge in [0.25, 0.3) is 5.69 Å². The largest absolute Gasteiger partial charge is 0.491 e. The average Bonchev–Trinajstić information content (AvgIpc) is 2.39. The molecule has 0 saturated heterocycles. The lowest BCUT2D eigenvalue weighted by molar-refractivity contribution is -0.384. The number of carbonyl (C=O) groups excluding carboxylic acids is 1. The molecule has 0 atom stereocenters. The number of unbranched alkanes of at least 4 members (excludes halogenated alkanes) is 3. The summed E-state index contributed by atoms with van der Waals surface area (Å²) in [5.74, 6) is 0.0978. The van der Waals surface area contributed by atoms with Crippen LogP contribution in [-0.2, 0) is 4.79 Å². The highest BCUT2D eigenvalue weighted by molar-refractivity contribution is 5.90. The number of nitrogens with zero attached hydrogens (tertiary/aromatic N) is 1. The molecule has 110 valence electrons. The van der Waals surface area contributed by atoms with Gasteiger partial charge in [-0.2, -0.15) is 0 Å². The third-order valence-corrected chi connectivity index (χ3v) is 2.74. The second-order valence-electron chi connectivity index (χ2n) is 4.53. The highest BCUT2D eigenvalue weighted by atomic mass is 16.6. The van der Waals surface area contributed by atoms with E-state index in [2.05, 4.69) is 12.2 Å². The van der Waals surface area contributed by atoms with Gasteiger partial charge in [-0.25, -0.2) is 0 Å². The highest BCUT2D eigenvalue weighted by Crippen LogP contribution is 2.29. The Labute approximate surface area is 118 Å². The van der Waals surface area contributed by atoms with Gasteiger partial charge in [-0.15, -0.1) is 0 Å². The Morgan fingerprint density at radius 3 is 2.70 bits per heavy atom. The van der Waals surface area contributed by atoms with Crippen LogP contribution in [0, 0.1) is 10.1 Å². The number of anilines is 1. The van der Waals surface area contributed by atoms with Crippen molar-refractivity contribution in [1.29, 1.82) is 0 Å². The van der Waals surface area contributed by atoms with Crippen molar-refractivity contribution >= 4 is 17.3 Å². The summed E-state index contributed by atoms with van der Waals surface area (Å²) in [4.78, 5) is 21.4. The van der Waals surface area contributed by atoms with E-state index in [4.69, 9.17) is 4.74 Å². The minimum Gasteiger partial charge on any atom is -0.491 e. The first-order valence-corrected chi connectivity index (χ1v) is 6.73. The van der Waals surface area contributed by atoms with Crippen molar-refractivity contribution in [3.63, 3.8) is 0 Å². The minimum absolute atomic E-state index is 0.0531. The van der Waals surface area contributed by atoms with Crippen molar-refractivity contribution in [1.82, 2.24) is 0 Å². The predicted molar refractivity (Wildman–Crippen MR) is 77.0 cm³/mol. The molecule has 0 saturated carbocycles. The number of nitro groups is 1. The summed E-state index contributed by atoms with van der Waals surface area (Å²) in [5.41, 5.74) is 0.404. The molecular weight excluding hydrogens is 260 g/mol. The molecule has 0 aromatic heterocycles. The molecule has 1 aromatic carbocycles. The van der Waals surface area contributed by atoms with Crippen LogP contribution in [0.2, 0.25) is 0 Å². The SMILES string of the molecule is CCCCCCOc1cc([N+](=O)[O-])ccc1NC(C)=O. The number of amides is 1. The number of hydrogen-bond acceptors (Lipinski definition) is 4. The Morgan fingerprint density at radius 1 is 1.35 bits per heavy atom. The van der Waals surface area contributed by atoms with Gasteiger partial charge in [0.2, 0.25) is 5.91 Å². The van der Waals surface area contributed by atoms with E-state index in [1.165, 1.54) is 25.1 Å². The standard InChI is InChI=1S/C14H20N2O4/c1-3-4-5-6-9-20-14-10-12(16(18)19)7-8-13(14)15-11(2)17/h7-8,10H,3-6,9H2,1-2H3,(H,15,17). The van der Waals surface area contributed by atoms with E-state index in [1.807, 2.05) is 0 Å². The van der Waals surface area contributed by atoms with Crippen LogP contribution in [0.25, 0.3) is 0 Å². The fourth-order valence-corrected chi connectivity index (χ4v) is 1.75. The molecule has 20 heavy (non-hydrogen) atoms. The maximum absolute atomic E-state index is 11.1. The van der Waals surface area contributed by atoms with Crippen LogP contribution in [0.3, 0.4) is 0 Å². The van der Waals surface area contributed by atoms with Gasteiger partial charge in [0.15, 0.2) is 0 Å². The molecule has 0 heterocycles. The number of nitrogens with one attached hydrogen (secondary N) is 1. The first-order chi connectivity index (χ1) is 9.54. The molecule has 0 radical (unpaired) electrons. The summed E-state index contributed by atoms with van der Waals surface area (Å²) in [5, 5.41) is 13.4. The quantitative estimate of drug-likeness (QED) is 0.449. The van der Waals surface area contributed by atoms with Crippen molar-refractivity contribution in [2.75, 3.05) is 11.9 Å². The molecule has 0 aliphatic rings. The van der Waals surface area contributed by atoms with Crippen LogP contribution in [0.15, 0.2) is 18.2 Å². The van der Waals surface area contributed by atoms with E-state index in [9.17, 15) is 14.9 Å². The van der Waals surface area contributed by atoms with Crippen LogP contribution in [0.1, 0.15) is 39.5 Å². The van der Waals surface area contributed by atoms with E-state index in [0.717, 1.165) is 25.7 Å². The summed E-state index contributed by atoms with van der Waals surface area (Å²) in [6, 6.07) is 4.17. The van der Waals surface area contributed by atoms with E-state index < -0.39 is 4.92 Å². The van der Waals surface area contributed by atoms with Crippen LogP contribution in [0.5, 0.6) is 5.75 Å². The molecule has 1 amide bonds. The Bertz CT molecular complexity index is 474. The molecule has 0 spiro atoms. The molecule has 1 aromatic rings. The molecule has 1 N–H and O–H groups in total. The first kappa shape index (κ1) is 15.9. The van der Waals surface area contributed by atoms with E-state index in [-0.39, 0.29) is 11.6 Å². The van der Waals surface area contributed by atoms with Crippen LogP contribution in [-0.4, -0.2) is 17.4 Å². The highest BCUT2D eigenvalue weighted by Gasteiger charge is 2.12. The number of rotatable bonds is 8. The number of nitro benzene ring substituents is 1. The average molecular weight is 280 g/mol. The molecule has 6 heteroatoms. The van der Waals surface area contributed by atoms with Crippen molar-refractivity contribution in [2.24, 2.45) is 0 Å². The number of non-ortho nitro benzene ring substituents is 1. The summed E-state index contributed by atoms with van der Waals surface area (Å²) in [6.45, 7) is 3.98. The number of ether oxygens (including phenoxy) is 1. The van der Waals surface area contributed by atoms with Gasteiger partial charge in [0.05, 0.1) is 23.3 Å². The third-order valence-electron chi connectivity index (χ3n) is 2.74. The fraction of sp³-hybridized carbons (Fsp3) is 0.500. The lowest BCUT2D eigenvalue weighted by Gasteiger charge is -2.11. The summed E-state index contributed by atoms with van der Waals surface area (Å²) in [7, 11) is 0. The summed E-state index contributed by atoms with van der Waals surface area (Å²) >= 11 is 0. The normalized spacial score (nSPS) is 10.1. The molecule has 0 fully saturated rings. The zero-order valence-corrected chi connectivity index (χ0v) is 11.8. The number of hydrogen-bond donors (Lipinski definition) is 1. The Balaban J connectivity index is 2.74. The van der Waals surface area contributed by atoms with Crippen molar-refractivity contribution < 1.29 is 14.5 Å². The van der Waals surface area contributed by atoms with Gasteiger partial charge in [-0.05, 0) is 12.5 Å². The third kappa shape index (κ3) is 5.26. The maximum Gasteiger partial charge on any atom is 0.273 e. The van der Waals surface area contributed by atoms with Crippen molar-refractivity contribution in [3.05, 3.63) is 28.3 Å². The lowest BCUT2D eigenvalue weighted by atomic mass is 10.2. The predicted octanol–water partition coefficient (Wildman–Crippen LogP) is 3.51. The van der Waals surface area contributed by atoms with Crippen LogP contribution in [0.4, 0.5) is 11.4 Å². The second kappa shape index (κ2) is 8.14. The molecule has 0 aliphatic heterocycles. The van der Waals surface area contributed by atoms with Gasteiger partial charge >= 0.3 is 0 Å². The smallest absolute Gasteiger partial charge is 0.273 e. The van der Waals surface area contributed by atoms with Gasteiger partial charge in [0, 0.05) is 13.0 Å². The van der Waals surface area contributed by atoms with E-state index in [1.54, 1.807) is 0 Å². The molecular formula is C14H20N2O4. The topological polar surface area (TPSA) is 81.5 Å². The maximum atomic E-state index is 11.1. The molecule has 0 aliphatic carbocycles. The minimum atomic E-state index is -0.485. The Hall–Kier alpha value is -2.11. The monoisotopic (exact) mass is 280 g/mol. The number of benzene rings is 1. The summed E-state index contributed by atoms with van der Waals surface area (Å²) < 4.78 is 5.56. The van der Waals surface area contributed by atoms with Gasteiger partial charge in [0.1, 0.15) is 5.75 Å². The summed E-state index contributed by atoms with van der Waals surface area (Å²) in [6.07, 6.45) is 4.21. The van der Waals surface area contributed by atoms with Crippen LogP contribution < -0.4 is 10.1 Å². The Kier molecular flexibility index (Phi) is 6.49. The fourth-order valence-electron chi connectivity index (χ4n) is 1.75. The second-order valence-corrected chi connectivity index (χ2v) is 4.53. The van der Waals surface area contributed by atoms with Gasteiger partial charge in [-0.3, -0.25) is 14.9 Å². The molecule has 6 nitrogen and oxygen atoms in total. The van der Waals surface area contributed by atoms with Gasteiger partial charge in [-0.1, -0.05) is 26.2 Å². The van der Waals surface area contributed by atoms with Crippen molar-refractivity contribution in [2.45, 2.75) is 39.5 Å². The zero-order chi connectivity index (χ0) is 15.0. The van der Waals surface area contributed by atoms with E-state index >= 15 is 0 Å². The molecule has 1 rings (SSSR count). The molecule has 0 bridgehead atoms.